The number of para-hydroxylation sites is 1. The minimum Gasteiger partial charge on any atom is -0.356 e. The van der Waals surface area contributed by atoms with Crippen LogP contribution < -0.4 is 10.2 Å². The van der Waals surface area contributed by atoms with Crippen molar-refractivity contribution in [3.63, 3.8) is 0 Å². The van der Waals surface area contributed by atoms with Crippen molar-refractivity contribution in [2.24, 2.45) is 11.8 Å². The van der Waals surface area contributed by atoms with Gasteiger partial charge in [0.15, 0.2) is 0 Å². The van der Waals surface area contributed by atoms with Gasteiger partial charge in [0.1, 0.15) is 0 Å². The van der Waals surface area contributed by atoms with Crippen LogP contribution in [0.5, 0.6) is 0 Å². The molecule has 51 heavy (non-hydrogen) atoms. The normalized spacial score (nSPS) is 23.6. The van der Waals surface area contributed by atoms with Crippen LogP contribution in [-0.4, -0.2) is 58.9 Å². The first-order valence-corrected chi connectivity index (χ1v) is 21.0. The van der Waals surface area contributed by atoms with Crippen LogP contribution in [0.2, 0.25) is 0 Å². The van der Waals surface area contributed by atoms with Crippen LogP contribution in [0.4, 0.5) is 5.69 Å². The van der Waals surface area contributed by atoms with Crippen molar-refractivity contribution in [2.75, 3.05) is 24.6 Å². The molecule has 2 aromatic carbocycles. The van der Waals surface area contributed by atoms with Gasteiger partial charge in [-0.3, -0.25) is 18.9 Å². The van der Waals surface area contributed by atoms with Crippen molar-refractivity contribution in [2.45, 2.75) is 122 Å². The maximum atomic E-state index is 13.4. The predicted octanol–water partition coefficient (Wildman–Crippen LogP) is 8.35. The van der Waals surface area contributed by atoms with Crippen molar-refractivity contribution in [1.29, 1.82) is 0 Å². The summed E-state index contributed by atoms with van der Waals surface area (Å²) in [6.07, 6.45) is 14.5. The van der Waals surface area contributed by atoms with E-state index >= 15 is 0 Å². The summed E-state index contributed by atoms with van der Waals surface area (Å²) in [5.74, 6) is 0.661. The fraction of sp³-hybridized carbons (Fsp3) is 0.585. The number of anilines is 1. The Morgan fingerprint density at radius 3 is 2.35 bits per heavy atom. The lowest BCUT2D eigenvalue weighted by Gasteiger charge is -2.31. The number of rotatable bonds is 15. The molecule has 3 aliphatic rings. The van der Waals surface area contributed by atoms with Gasteiger partial charge in [0.2, 0.25) is 17.7 Å². The van der Waals surface area contributed by atoms with E-state index in [2.05, 4.69) is 43.4 Å². The van der Waals surface area contributed by atoms with E-state index < -0.39 is 7.60 Å². The third-order valence-corrected chi connectivity index (χ3v) is 13.4. The summed E-state index contributed by atoms with van der Waals surface area (Å²) in [5, 5.41) is 2.99. The fourth-order valence-corrected chi connectivity index (χ4v) is 9.89. The number of nitrogens with zero attached hydrogens (tertiary/aromatic N) is 2. The summed E-state index contributed by atoms with van der Waals surface area (Å²) in [6.45, 7) is 6.10. The molecule has 0 bridgehead atoms. The third-order valence-electron chi connectivity index (χ3n) is 11.3. The van der Waals surface area contributed by atoms with E-state index in [4.69, 9.17) is 4.52 Å². The Bertz CT molecular complexity index is 1560. The summed E-state index contributed by atoms with van der Waals surface area (Å²) < 4.78 is 19.0. The van der Waals surface area contributed by atoms with E-state index in [0.717, 1.165) is 80.2 Å². The summed E-state index contributed by atoms with van der Waals surface area (Å²) in [5.41, 5.74) is 3.80. The number of hydrogen-bond donors (Lipinski definition) is 2. The van der Waals surface area contributed by atoms with Crippen LogP contribution in [0.3, 0.4) is 0 Å². The van der Waals surface area contributed by atoms with Gasteiger partial charge in [-0.1, -0.05) is 94.1 Å². The molecule has 278 valence electrons. The second kappa shape index (κ2) is 19.0. The summed E-state index contributed by atoms with van der Waals surface area (Å²) in [4.78, 5) is 53.5. The van der Waals surface area contributed by atoms with Crippen molar-refractivity contribution in [3.8, 4) is 0 Å². The van der Waals surface area contributed by atoms with Gasteiger partial charge in [0.05, 0.1) is 30.5 Å². The molecule has 1 saturated heterocycles. The Hall–Kier alpha value is -3.26. The number of unbranched alkanes of at least 4 members (excludes halogenated alkanes) is 3. The summed E-state index contributed by atoms with van der Waals surface area (Å²) in [6, 6.07) is 16.0. The largest absolute Gasteiger partial charge is 0.356 e. The third kappa shape index (κ3) is 10.9. The molecule has 3 amide bonds. The number of amides is 3. The highest BCUT2D eigenvalue weighted by Crippen LogP contribution is 2.55. The Labute approximate surface area is 304 Å². The van der Waals surface area contributed by atoms with Crippen LogP contribution in [0.25, 0.3) is 12.2 Å². The maximum absolute atomic E-state index is 13.4. The number of nitrogens with one attached hydrogen (secondary N) is 1. The molecule has 5 atom stereocenters. The number of benzene rings is 2. The molecule has 2 aromatic rings. The van der Waals surface area contributed by atoms with Gasteiger partial charge >= 0.3 is 7.60 Å². The molecule has 1 saturated carbocycles. The minimum absolute atomic E-state index is 0.0111. The number of carbonyl (C=O) groups is 3. The van der Waals surface area contributed by atoms with Gasteiger partial charge < -0.3 is 24.5 Å². The lowest BCUT2D eigenvalue weighted by atomic mass is 9.91. The lowest BCUT2D eigenvalue weighted by molar-refractivity contribution is -0.132. The van der Waals surface area contributed by atoms with E-state index in [1.807, 2.05) is 46.2 Å². The first kappa shape index (κ1) is 39.0. The Balaban J connectivity index is 0.951. The van der Waals surface area contributed by atoms with Gasteiger partial charge in [-0.15, -0.1) is 0 Å². The highest BCUT2D eigenvalue weighted by Gasteiger charge is 2.41. The first-order valence-electron chi connectivity index (χ1n) is 19.3. The highest BCUT2D eigenvalue weighted by atomic mass is 31.2. The van der Waals surface area contributed by atoms with Crippen LogP contribution in [-0.2, 0) is 30.0 Å². The topological polar surface area (TPSA) is 116 Å². The molecule has 2 aliphatic heterocycles. The van der Waals surface area contributed by atoms with Crippen LogP contribution in [0, 0.1) is 11.8 Å². The lowest BCUT2D eigenvalue weighted by Crippen LogP contribution is -2.38. The van der Waals surface area contributed by atoms with Crippen LogP contribution in [0.15, 0.2) is 48.5 Å². The van der Waals surface area contributed by atoms with Gasteiger partial charge in [-0.2, -0.15) is 0 Å². The molecule has 2 fully saturated rings. The van der Waals surface area contributed by atoms with E-state index in [1.54, 1.807) is 0 Å². The zero-order valence-electron chi connectivity index (χ0n) is 30.6. The smallest absolute Gasteiger partial charge is 0.331 e. The van der Waals surface area contributed by atoms with E-state index in [9.17, 15) is 23.8 Å². The molecule has 2 unspecified atom stereocenters. The van der Waals surface area contributed by atoms with Crippen molar-refractivity contribution in [1.82, 2.24) is 10.2 Å². The first-order chi connectivity index (χ1) is 24.6. The Kier molecular flexibility index (Phi) is 14.5. The van der Waals surface area contributed by atoms with Gasteiger partial charge in [-0.25, -0.2) is 0 Å². The maximum Gasteiger partial charge on any atom is 0.331 e. The summed E-state index contributed by atoms with van der Waals surface area (Å²) >= 11 is 0. The van der Waals surface area contributed by atoms with E-state index in [0.29, 0.717) is 57.7 Å². The number of likely N-dealkylation sites (tertiary alicyclic amines) is 1. The predicted molar refractivity (Wildman–Crippen MR) is 204 cm³/mol. The molecular formula is C41H58N3O6P. The van der Waals surface area contributed by atoms with Crippen LogP contribution >= 0.6 is 7.60 Å². The average Bonchev–Trinajstić information content (AvgIpc) is 3.53. The van der Waals surface area contributed by atoms with Crippen molar-refractivity contribution in [3.05, 3.63) is 65.2 Å². The standard InChI is InChI=1S/C41H58N3O6P/c1-31-15-5-10-21-38(32(31)2)51(48,49)50-30-36-19-14-28-43(36)40(46)23-4-3-13-27-42-39(45)22-11-12-24-41(47)44-29-35-18-7-6-16-33(35)25-26-34-17-8-9-20-37(34)44/h6-9,16-18,20,25-26,31-32,36,38H,3-5,10-15,19,21-24,27-30H2,1-2H3,(H,42,45)(H,48,49)/b26-25-/t31-,32-,36-,38?/m0/s1. The number of fused-ring (bicyclic) bond motifs is 2. The molecule has 0 spiro atoms. The quantitative estimate of drug-likeness (QED) is 0.109. The second-order valence-corrected chi connectivity index (χ2v) is 16.9. The molecule has 9 nitrogen and oxygen atoms in total. The Morgan fingerprint density at radius 2 is 1.51 bits per heavy atom. The molecule has 0 aromatic heterocycles. The molecule has 5 rings (SSSR count). The minimum atomic E-state index is -3.77. The van der Waals surface area contributed by atoms with Crippen molar-refractivity contribution >= 4 is 43.2 Å². The monoisotopic (exact) mass is 719 g/mol. The summed E-state index contributed by atoms with van der Waals surface area (Å²) in [7, 11) is -3.77. The zero-order valence-corrected chi connectivity index (χ0v) is 31.5. The van der Waals surface area contributed by atoms with Crippen molar-refractivity contribution < 1.29 is 28.4 Å². The molecule has 2 N–H and O–H groups in total. The molecule has 2 heterocycles. The Morgan fingerprint density at radius 1 is 0.824 bits per heavy atom. The van der Waals surface area contributed by atoms with Gasteiger partial charge in [-0.05, 0) is 79.5 Å². The average molecular weight is 720 g/mol. The SMILES string of the molecule is C[C@@H]1C(P(=O)(O)OC[C@@H]2CCCN2C(=O)CCCCCNC(=O)CCCCC(=O)N2Cc3ccccc3/C=C\c3ccccc32)CCCC[C@@H]1C. The van der Waals surface area contributed by atoms with Gasteiger partial charge in [0.25, 0.3) is 0 Å². The molecule has 1 aliphatic carbocycles. The van der Waals surface area contributed by atoms with Gasteiger partial charge in [0, 0.05) is 32.4 Å². The van der Waals surface area contributed by atoms with E-state index in [1.165, 1.54) is 0 Å². The number of carbonyl (C=O) groups excluding carboxylic acids is 3. The zero-order chi connectivity index (χ0) is 36.2. The van der Waals surface area contributed by atoms with E-state index in [-0.39, 0.29) is 41.9 Å². The van der Waals surface area contributed by atoms with Crippen LogP contribution in [0.1, 0.15) is 120 Å². The molecular weight excluding hydrogens is 661 g/mol. The fourth-order valence-electron chi connectivity index (χ4n) is 7.92. The second-order valence-electron chi connectivity index (χ2n) is 14.9. The molecule has 0 radical (unpaired) electrons. The highest BCUT2D eigenvalue weighted by molar-refractivity contribution is 7.53. The number of hydrogen-bond acceptors (Lipinski definition) is 5. The molecule has 10 heteroatoms.